The lowest BCUT2D eigenvalue weighted by Crippen LogP contribution is -2.36. The molecular formula is C19H26N2O2S. The first-order valence-corrected chi connectivity index (χ1v) is 9.75. The summed E-state index contributed by atoms with van der Waals surface area (Å²) in [5.74, 6) is 0.509. The van der Waals surface area contributed by atoms with Crippen LogP contribution in [0.4, 0.5) is 0 Å². The van der Waals surface area contributed by atoms with Crippen LogP contribution in [-0.2, 0) is 6.54 Å². The van der Waals surface area contributed by atoms with Gasteiger partial charge in [-0.1, -0.05) is 18.2 Å². The van der Waals surface area contributed by atoms with Gasteiger partial charge in [-0.25, -0.2) is 0 Å². The van der Waals surface area contributed by atoms with Gasteiger partial charge in [0.1, 0.15) is 5.58 Å². The van der Waals surface area contributed by atoms with E-state index in [1.54, 1.807) is 0 Å². The average molecular weight is 346 g/mol. The number of hydrogen-bond acceptors (Lipinski definition) is 4. The number of furan rings is 1. The summed E-state index contributed by atoms with van der Waals surface area (Å²) in [6.07, 6.45) is 5.50. The van der Waals surface area contributed by atoms with Crippen LogP contribution in [-0.4, -0.2) is 54.4 Å². The number of fused-ring (bicyclic) bond motifs is 1. The molecule has 1 amide bonds. The Kier molecular flexibility index (Phi) is 5.21. The number of benzene rings is 1. The third kappa shape index (κ3) is 3.33. The maximum absolute atomic E-state index is 13.1. The summed E-state index contributed by atoms with van der Waals surface area (Å²) in [5.41, 5.74) is 1.78. The highest BCUT2D eigenvalue weighted by Gasteiger charge is 2.32. The van der Waals surface area contributed by atoms with Crippen LogP contribution in [0.1, 0.15) is 35.4 Å². The van der Waals surface area contributed by atoms with Gasteiger partial charge in [-0.05, 0) is 45.7 Å². The van der Waals surface area contributed by atoms with E-state index < -0.39 is 0 Å². The molecule has 1 aromatic heterocycles. The summed E-state index contributed by atoms with van der Waals surface area (Å²) in [7, 11) is 5.95. The molecule has 1 aliphatic rings. The molecule has 1 aromatic carbocycles. The third-order valence-electron chi connectivity index (χ3n) is 4.93. The first-order valence-electron chi connectivity index (χ1n) is 8.46. The largest absolute Gasteiger partial charge is 0.451 e. The quantitative estimate of drug-likeness (QED) is 0.824. The number of carbonyl (C=O) groups is 1. The molecule has 5 heteroatoms. The molecule has 2 atom stereocenters. The monoisotopic (exact) mass is 346 g/mol. The Labute approximate surface area is 148 Å². The molecule has 0 N–H and O–H groups in total. The molecule has 130 valence electrons. The lowest BCUT2D eigenvalue weighted by atomic mass is 10.1. The van der Waals surface area contributed by atoms with Crippen molar-refractivity contribution in [3.05, 3.63) is 35.6 Å². The molecule has 1 aliphatic carbocycles. The van der Waals surface area contributed by atoms with Gasteiger partial charge in [-0.2, -0.15) is 11.8 Å². The predicted octanol–water partition coefficient (Wildman–Crippen LogP) is 3.85. The zero-order valence-electron chi connectivity index (χ0n) is 14.9. The number of nitrogens with zero attached hydrogens (tertiary/aromatic N) is 2. The molecule has 1 fully saturated rings. The van der Waals surface area contributed by atoms with Crippen molar-refractivity contribution in [3.63, 3.8) is 0 Å². The van der Waals surface area contributed by atoms with Crippen LogP contribution in [0.3, 0.4) is 0 Å². The molecule has 2 aromatic rings. The SMILES string of the molecule is CS[C@@H]1CC[C@H](N(C)C(=O)c2oc3ccccc3c2CN(C)C)C1. The predicted molar refractivity (Wildman–Crippen MR) is 101 cm³/mol. The van der Waals surface area contributed by atoms with Crippen molar-refractivity contribution >= 4 is 28.6 Å². The summed E-state index contributed by atoms with van der Waals surface area (Å²) < 4.78 is 5.97. The normalized spacial score (nSPS) is 20.9. The molecule has 1 heterocycles. The number of para-hydroxylation sites is 1. The zero-order chi connectivity index (χ0) is 17.3. The van der Waals surface area contributed by atoms with E-state index in [4.69, 9.17) is 4.42 Å². The van der Waals surface area contributed by atoms with E-state index in [9.17, 15) is 4.79 Å². The van der Waals surface area contributed by atoms with Gasteiger partial charge in [0.2, 0.25) is 0 Å². The highest BCUT2D eigenvalue weighted by Crippen LogP contribution is 2.33. The Morgan fingerprint density at radius 3 is 2.67 bits per heavy atom. The fraction of sp³-hybridized carbons (Fsp3) is 0.526. The number of hydrogen-bond donors (Lipinski definition) is 0. The highest BCUT2D eigenvalue weighted by atomic mass is 32.2. The minimum Gasteiger partial charge on any atom is -0.451 e. The Hall–Kier alpha value is -1.46. The summed E-state index contributed by atoms with van der Waals surface area (Å²) >= 11 is 1.91. The van der Waals surface area contributed by atoms with Gasteiger partial charge in [-0.15, -0.1) is 0 Å². The van der Waals surface area contributed by atoms with Gasteiger partial charge in [0, 0.05) is 35.8 Å². The van der Waals surface area contributed by atoms with E-state index in [1.165, 1.54) is 6.42 Å². The summed E-state index contributed by atoms with van der Waals surface area (Å²) in [5, 5.41) is 1.71. The van der Waals surface area contributed by atoms with Crippen molar-refractivity contribution in [2.24, 2.45) is 0 Å². The Balaban J connectivity index is 1.91. The molecule has 0 spiro atoms. The summed E-state index contributed by atoms with van der Waals surface area (Å²) in [4.78, 5) is 17.1. The van der Waals surface area contributed by atoms with Crippen LogP contribution >= 0.6 is 11.8 Å². The Morgan fingerprint density at radius 2 is 2.00 bits per heavy atom. The average Bonchev–Trinajstić information content (AvgIpc) is 3.18. The standard InChI is InChI=1S/C19H26N2O2S/c1-20(2)12-16-15-7-5-6-8-17(15)23-18(16)19(22)21(3)13-9-10-14(11-13)24-4/h5-8,13-14H,9-12H2,1-4H3/t13-,14+/m0/s1. The maximum Gasteiger partial charge on any atom is 0.289 e. The van der Waals surface area contributed by atoms with Crippen molar-refractivity contribution in [3.8, 4) is 0 Å². The van der Waals surface area contributed by atoms with Crippen molar-refractivity contribution in [2.75, 3.05) is 27.4 Å². The summed E-state index contributed by atoms with van der Waals surface area (Å²) in [6.45, 7) is 0.698. The molecule has 0 aliphatic heterocycles. The second-order valence-corrected chi connectivity index (χ2v) is 8.02. The van der Waals surface area contributed by atoms with Gasteiger partial charge in [0.15, 0.2) is 5.76 Å². The Bertz CT molecular complexity index is 725. The molecule has 4 nitrogen and oxygen atoms in total. The van der Waals surface area contributed by atoms with E-state index >= 15 is 0 Å². The third-order valence-corrected chi connectivity index (χ3v) is 6.02. The van der Waals surface area contributed by atoms with Crippen LogP contribution in [0.5, 0.6) is 0 Å². The van der Waals surface area contributed by atoms with E-state index in [1.807, 2.05) is 62.1 Å². The van der Waals surface area contributed by atoms with Crippen LogP contribution in [0.15, 0.2) is 28.7 Å². The van der Waals surface area contributed by atoms with E-state index in [2.05, 4.69) is 11.2 Å². The molecule has 0 bridgehead atoms. The van der Waals surface area contributed by atoms with Crippen molar-refractivity contribution in [2.45, 2.75) is 37.1 Å². The molecule has 0 saturated heterocycles. The van der Waals surface area contributed by atoms with Gasteiger partial charge in [0.05, 0.1) is 0 Å². The van der Waals surface area contributed by atoms with Crippen molar-refractivity contribution in [1.29, 1.82) is 0 Å². The lowest BCUT2D eigenvalue weighted by Gasteiger charge is -2.24. The smallest absolute Gasteiger partial charge is 0.289 e. The van der Waals surface area contributed by atoms with Gasteiger partial charge in [0.25, 0.3) is 5.91 Å². The zero-order valence-corrected chi connectivity index (χ0v) is 15.7. The first-order chi connectivity index (χ1) is 11.5. The van der Waals surface area contributed by atoms with Crippen molar-refractivity contribution < 1.29 is 9.21 Å². The van der Waals surface area contributed by atoms with Gasteiger partial charge >= 0.3 is 0 Å². The van der Waals surface area contributed by atoms with Gasteiger partial charge in [-0.3, -0.25) is 4.79 Å². The molecule has 3 rings (SSSR count). The van der Waals surface area contributed by atoms with E-state index in [-0.39, 0.29) is 5.91 Å². The lowest BCUT2D eigenvalue weighted by molar-refractivity contribution is 0.0703. The molecule has 0 radical (unpaired) electrons. The molecule has 24 heavy (non-hydrogen) atoms. The topological polar surface area (TPSA) is 36.7 Å². The Morgan fingerprint density at radius 1 is 1.25 bits per heavy atom. The van der Waals surface area contributed by atoms with Crippen molar-refractivity contribution in [1.82, 2.24) is 9.80 Å². The molecule has 0 unspecified atom stereocenters. The number of rotatable bonds is 5. The highest BCUT2D eigenvalue weighted by molar-refractivity contribution is 7.99. The maximum atomic E-state index is 13.1. The van der Waals surface area contributed by atoms with E-state index in [0.717, 1.165) is 29.4 Å². The van der Waals surface area contributed by atoms with Crippen LogP contribution in [0.2, 0.25) is 0 Å². The minimum absolute atomic E-state index is 0.00908. The number of carbonyl (C=O) groups excluding carboxylic acids is 1. The van der Waals surface area contributed by atoms with Crippen LogP contribution < -0.4 is 0 Å². The number of thioether (sulfide) groups is 1. The number of amides is 1. The van der Waals surface area contributed by atoms with Gasteiger partial charge < -0.3 is 14.2 Å². The fourth-order valence-electron chi connectivity index (χ4n) is 3.55. The molecule has 1 saturated carbocycles. The second-order valence-electron chi connectivity index (χ2n) is 6.88. The first kappa shape index (κ1) is 17.4. The second kappa shape index (κ2) is 7.19. The minimum atomic E-state index is 0.00908. The van der Waals surface area contributed by atoms with Crippen LogP contribution in [0.25, 0.3) is 11.0 Å². The van der Waals surface area contributed by atoms with E-state index in [0.29, 0.717) is 23.6 Å². The molecular weight excluding hydrogens is 320 g/mol. The fourth-order valence-corrected chi connectivity index (χ4v) is 4.34. The summed E-state index contributed by atoms with van der Waals surface area (Å²) in [6, 6.07) is 8.23. The van der Waals surface area contributed by atoms with Crippen LogP contribution in [0, 0.1) is 0 Å².